The largest absolute Gasteiger partial charge is 0.399 e. The summed E-state index contributed by atoms with van der Waals surface area (Å²) in [4.78, 5) is 2.06. The standard InChI is InChI=1S/C13H17N3O/c1-13(17)5-2-6-16(9-13)12-4-3-11(15)7-10(12)8-14/h3-4,7,17H,2,5-6,9,15H2,1H3. The van der Waals surface area contributed by atoms with Gasteiger partial charge >= 0.3 is 0 Å². The molecular weight excluding hydrogens is 214 g/mol. The maximum atomic E-state index is 10.1. The zero-order valence-electron chi connectivity index (χ0n) is 9.98. The molecular formula is C13H17N3O. The SMILES string of the molecule is CC1(O)CCCN(c2ccc(N)cc2C#N)C1. The second-order valence-electron chi connectivity index (χ2n) is 4.91. The number of aliphatic hydroxyl groups is 1. The summed E-state index contributed by atoms with van der Waals surface area (Å²) in [6.45, 7) is 3.27. The zero-order valence-corrected chi connectivity index (χ0v) is 9.98. The highest BCUT2D eigenvalue weighted by atomic mass is 16.3. The van der Waals surface area contributed by atoms with Crippen LogP contribution in [0.1, 0.15) is 25.3 Å². The predicted octanol–water partition coefficient (Wildman–Crippen LogP) is 1.49. The highest BCUT2D eigenvalue weighted by molar-refractivity contribution is 5.64. The van der Waals surface area contributed by atoms with Crippen molar-refractivity contribution in [1.29, 1.82) is 5.26 Å². The average Bonchev–Trinajstić information content (AvgIpc) is 2.27. The van der Waals surface area contributed by atoms with Gasteiger partial charge in [0.05, 0.1) is 16.9 Å². The number of hydrogen-bond donors (Lipinski definition) is 2. The van der Waals surface area contributed by atoms with Gasteiger partial charge in [-0.1, -0.05) is 0 Å². The molecule has 1 aliphatic heterocycles. The molecule has 0 amide bonds. The predicted molar refractivity (Wildman–Crippen MR) is 67.6 cm³/mol. The van der Waals surface area contributed by atoms with Crippen LogP contribution in [0, 0.1) is 11.3 Å². The fourth-order valence-corrected chi connectivity index (χ4v) is 2.34. The van der Waals surface area contributed by atoms with E-state index in [9.17, 15) is 5.11 Å². The highest BCUT2D eigenvalue weighted by Crippen LogP contribution is 2.29. The maximum Gasteiger partial charge on any atom is 0.101 e. The van der Waals surface area contributed by atoms with Gasteiger partial charge in [0, 0.05) is 18.8 Å². The lowest BCUT2D eigenvalue weighted by atomic mass is 9.94. The van der Waals surface area contributed by atoms with E-state index in [2.05, 4.69) is 11.0 Å². The fraction of sp³-hybridized carbons (Fsp3) is 0.462. The lowest BCUT2D eigenvalue weighted by Gasteiger charge is -2.38. The van der Waals surface area contributed by atoms with Crippen molar-refractivity contribution >= 4 is 11.4 Å². The van der Waals surface area contributed by atoms with Crippen molar-refractivity contribution < 1.29 is 5.11 Å². The van der Waals surface area contributed by atoms with Crippen molar-refractivity contribution in [3.63, 3.8) is 0 Å². The maximum absolute atomic E-state index is 10.1. The molecule has 4 heteroatoms. The Bertz CT molecular complexity index is 462. The summed E-state index contributed by atoms with van der Waals surface area (Å²) < 4.78 is 0. The van der Waals surface area contributed by atoms with E-state index in [0.29, 0.717) is 17.8 Å². The summed E-state index contributed by atoms with van der Waals surface area (Å²) in [5.74, 6) is 0. The van der Waals surface area contributed by atoms with Gasteiger partial charge in [0.2, 0.25) is 0 Å². The van der Waals surface area contributed by atoms with Crippen molar-refractivity contribution in [3.05, 3.63) is 23.8 Å². The lowest BCUT2D eigenvalue weighted by molar-refractivity contribution is 0.0449. The average molecular weight is 231 g/mol. The number of nitriles is 1. The number of anilines is 2. The molecule has 1 heterocycles. The Morgan fingerprint density at radius 1 is 1.53 bits per heavy atom. The molecule has 0 saturated carbocycles. The second-order valence-corrected chi connectivity index (χ2v) is 4.91. The van der Waals surface area contributed by atoms with Gasteiger partial charge in [-0.2, -0.15) is 5.26 Å². The Morgan fingerprint density at radius 3 is 2.94 bits per heavy atom. The number of nitrogens with zero attached hydrogens (tertiary/aromatic N) is 2. The van der Waals surface area contributed by atoms with Crippen LogP contribution in [0.15, 0.2) is 18.2 Å². The molecule has 1 atom stereocenters. The number of hydrogen-bond acceptors (Lipinski definition) is 4. The second kappa shape index (κ2) is 4.27. The van der Waals surface area contributed by atoms with Crippen LogP contribution in [0.5, 0.6) is 0 Å². The molecule has 0 radical (unpaired) electrons. The van der Waals surface area contributed by atoms with Crippen molar-refractivity contribution in [3.8, 4) is 6.07 Å². The van der Waals surface area contributed by atoms with Gasteiger partial charge in [0.15, 0.2) is 0 Å². The third-order valence-corrected chi connectivity index (χ3v) is 3.16. The summed E-state index contributed by atoms with van der Waals surface area (Å²) in [5.41, 5.74) is 7.02. The van der Waals surface area contributed by atoms with Crippen molar-refractivity contribution in [2.24, 2.45) is 0 Å². The summed E-state index contributed by atoms with van der Waals surface area (Å²) >= 11 is 0. The molecule has 0 spiro atoms. The first-order chi connectivity index (χ1) is 8.02. The monoisotopic (exact) mass is 231 g/mol. The van der Waals surface area contributed by atoms with Crippen LogP contribution in [-0.2, 0) is 0 Å². The summed E-state index contributed by atoms with van der Waals surface area (Å²) in [6, 6.07) is 7.48. The molecule has 0 aliphatic carbocycles. The number of β-amino-alcohol motifs (C(OH)–C–C–N with tert-alkyl or cyclic N) is 1. The van der Waals surface area contributed by atoms with E-state index >= 15 is 0 Å². The van der Waals surface area contributed by atoms with Gasteiger partial charge < -0.3 is 15.7 Å². The fourth-order valence-electron chi connectivity index (χ4n) is 2.34. The molecule has 1 unspecified atom stereocenters. The van der Waals surface area contributed by atoms with Crippen LogP contribution < -0.4 is 10.6 Å². The van der Waals surface area contributed by atoms with Gasteiger partial charge in [0.25, 0.3) is 0 Å². The number of nitrogens with two attached hydrogens (primary N) is 1. The van der Waals surface area contributed by atoms with E-state index in [1.807, 2.05) is 13.0 Å². The van der Waals surface area contributed by atoms with E-state index in [1.54, 1.807) is 12.1 Å². The van der Waals surface area contributed by atoms with E-state index in [1.165, 1.54) is 0 Å². The number of piperidine rings is 1. The number of nitrogen functional groups attached to an aromatic ring is 1. The number of benzene rings is 1. The minimum Gasteiger partial charge on any atom is -0.399 e. The lowest BCUT2D eigenvalue weighted by Crippen LogP contribution is -2.46. The van der Waals surface area contributed by atoms with Gasteiger partial charge in [-0.15, -0.1) is 0 Å². The highest BCUT2D eigenvalue weighted by Gasteiger charge is 2.29. The molecule has 17 heavy (non-hydrogen) atoms. The minimum atomic E-state index is -0.674. The van der Waals surface area contributed by atoms with Gasteiger partial charge in [-0.3, -0.25) is 0 Å². The van der Waals surface area contributed by atoms with Gasteiger partial charge in [-0.05, 0) is 38.0 Å². The summed E-state index contributed by atoms with van der Waals surface area (Å²) in [6.07, 6.45) is 1.74. The summed E-state index contributed by atoms with van der Waals surface area (Å²) in [5, 5.41) is 19.2. The third kappa shape index (κ3) is 2.51. The van der Waals surface area contributed by atoms with Crippen molar-refractivity contribution in [2.45, 2.75) is 25.4 Å². The normalized spacial score (nSPS) is 24.4. The minimum absolute atomic E-state index is 0.561. The van der Waals surface area contributed by atoms with Crippen molar-refractivity contribution in [1.82, 2.24) is 0 Å². The van der Waals surface area contributed by atoms with Gasteiger partial charge in [-0.25, -0.2) is 0 Å². The Hall–Kier alpha value is -1.73. The van der Waals surface area contributed by atoms with E-state index in [0.717, 1.165) is 25.1 Å². The molecule has 2 rings (SSSR count). The third-order valence-electron chi connectivity index (χ3n) is 3.16. The Balaban J connectivity index is 2.31. The smallest absolute Gasteiger partial charge is 0.101 e. The molecule has 1 fully saturated rings. The van der Waals surface area contributed by atoms with E-state index < -0.39 is 5.60 Å². The van der Waals surface area contributed by atoms with E-state index in [4.69, 9.17) is 11.0 Å². The zero-order chi connectivity index (χ0) is 12.5. The first-order valence-corrected chi connectivity index (χ1v) is 5.79. The molecule has 1 aromatic rings. The molecule has 4 nitrogen and oxygen atoms in total. The first-order valence-electron chi connectivity index (χ1n) is 5.79. The van der Waals surface area contributed by atoms with E-state index in [-0.39, 0.29) is 0 Å². The quantitative estimate of drug-likeness (QED) is 0.718. The van der Waals surface area contributed by atoms with Crippen LogP contribution >= 0.6 is 0 Å². The molecule has 0 bridgehead atoms. The Morgan fingerprint density at radius 2 is 2.29 bits per heavy atom. The number of rotatable bonds is 1. The Labute approximate surface area is 101 Å². The molecule has 90 valence electrons. The van der Waals surface area contributed by atoms with Crippen molar-refractivity contribution in [2.75, 3.05) is 23.7 Å². The van der Waals surface area contributed by atoms with Crippen LogP contribution in [-0.4, -0.2) is 23.8 Å². The van der Waals surface area contributed by atoms with Crippen LogP contribution in [0.25, 0.3) is 0 Å². The summed E-state index contributed by atoms with van der Waals surface area (Å²) in [7, 11) is 0. The topological polar surface area (TPSA) is 73.3 Å². The Kier molecular flexibility index (Phi) is 2.95. The first kappa shape index (κ1) is 11.7. The van der Waals surface area contributed by atoms with Crippen LogP contribution in [0.4, 0.5) is 11.4 Å². The van der Waals surface area contributed by atoms with Crippen LogP contribution in [0.2, 0.25) is 0 Å². The molecule has 3 N–H and O–H groups in total. The molecule has 0 aromatic heterocycles. The molecule has 1 aromatic carbocycles. The molecule has 1 saturated heterocycles. The van der Waals surface area contributed by atoms with Crippen LogP contribution in [0.3, 0.4) is 0 Å². The van der Waals surface area contributed by atoms with Gasteiger partial charge in [0.1, 0.15) is 6.07 Å². The molecule has 1 aliphatic rings.